The lowest BCUT2D eigenvalue weighted by Gasteiger charge is -2.19. The van der Waals surface area contributed by atoms with E-state index in [1.165, 1.54) is 0 Å². The average Bonchev–Trinajstić information content (AvgIpc) is 3.15. The van der Waals surface area contributed by atoms with Crippen LogP contribution in [0.4, 0.5) is 0 Å². The molecule has 2 atom stereocenters. The number of hydrogen-bond donors (Lipinski definition) is 2. The lowest BCUT2D eigenvalue weighted by molar-refractivity contribution is -0.135. The molecule has 2 unspecified atom stereocenters. The molecular weight excluding hydrogens is 500 g/mol. The van der Waals surface area contributed by atoms with E-state index < -0.39 is 23.6 Å². The Kier molecular flexibility index (Phi) is 8.43. The van der Waals surface area contributed by atoms with Crippen molar-refractivity contribution in [1.82, 2.24) is 10.5 Å². The van der Waals surface area contributed by atoms with Crippen LogP contribution in [0.3, 0.4) is 0 Å². The maximum atomic E-state index is 12.4. The second kappa shape index (κ2) is 11.7. The number of hydrogen-bond acceptors (Lipinski definition) is 6. The molecule has 4 rings (SSSR count). The van der Waals surface area contributed by atoms with E-state index in [1.54, 1.807) is 41.5 Å². The van der Waals surface area contributed by atoms with Crippen LogP contribution in [-0.2, 0) is 9.63 Å². The third-order valence-corrected chi connectivity index (χ3v) is 7.65. The van der Waals surface area contributed by atoms with Gasteiger partial charge in [0.2, 0.25) is 5.91 Å². The minimum absolute atomic E-state index is 0.0334. The molecule has 1 aliphatic rings. The molecule has 1 heterocycles. The second-order valence-corrected chi connectivity index (χ2v) is 10.2. The molecule has 0 fully saturated rings. The van der Waals surface area contributed by atoms with Gasteiger partial charge < -0.3 is 0 Å². The minimum atomic E-state index is -0.578. The van der Waals surface area contributed by atoms with Gasteiger partial charge in [0, 0.05) is 16.0 Å². The van der Waals surface area contributed by atoms with Gasteiger partial charge in [0.15, 0.2) is 0 Å². The number of fused-ring (bicyclic) bond motifs is 1. The Morgan fingerprint density at radius 2 is 1.53 bits per heavy atom. The number of hydroxylamine groups is 3. The Morgan fingerprint density at radius 3 is 2.08 bits per heavy atom. The number of thioether (sulfide) groups is 1. The number of rotatable bonds is 10. The van der Waals surface area contributed by atoms with Gasteiger partial charge >= 0.3 is 0 Å². The van der Waals surface area contributed by atoms with Crippen LogP contribution in [0.1, 0.15) is 44.9 Å². The molecule has 0 saturated heterocycles. The number of amides is 3. The second-order valence-electron chi connectivity index (χ2n) is 8.35. The minimum Gasteiger partial charge on any atom is -0.289 e. The highest BCUT2D eigenvalue weighted by atomic mass is 35.5. The highest BCUT2D eigenvalue weighted by Crippen LogP contribution is 2.32. The van der Waals surface area contributed by atoms with Gasteiger partial charge in [-0.1, -0.05) is 60.1 Å². The lowest BCUT2D eigenvalue weighted by Crippen LogP contribution is -2.34. The normalized spacial score (nSPS) is 14.5. The quantitative estimate of drug-likeness (QED) is 0.205. The molecule has 0 spiro atoms. The topological polar surface area (TPSA) is 95.9 Å². The zero-order chi connectivity index (χ0) is 25.7. The van der Waals surface area contributed by atoms with Crippen LogP contribution >= 0.6 is 23.4 Å². The van der Waals surface area contributed by atoms with E-state index >= 15 is 0 Å². The van der Waals surface area contributed by atoms with E-state index in [2.05, 4.69) is 0 Å². The first-order chi connectivity index (χ1) is 17.4. The maximum Gasteiger partial charge on any atom is 0.285 e. The first kappa shape index (κ1) is 25.9. The summed E-state index contributed by atoms with van der Waals surface area (Å²) in [4.78, 5) is 42.5. The molecule has 9 heteroatoms. The summed E-state index contributed by atoms with van der Waals surface area (Å²) >= 11 is 7.53. The third-order valence-electron chi connectivity index (χ3n) is 6.03. The van der Waals surface area contributed by atoms with Crippen molar-refractivity contribution < 1.29 is 24.4 Å². The standard InChI is InChI=1S/C27H25ClN2O5S/c1-17(18-6-8-19(9-7-18)20-10-12-22(28)13-11-20)36-16-21(25(31)29-34)14-15-35-30-26(32)23-4-2-3-5-24(23)27(30)33/h2-13,17,21,34H,14-16H2,1H3,(H,29,31). The molecule has 36 heavy (non-hydrogen) atoms. The number of imide groups is 1. The fourth-order valence-corrected chi connectivity index (χ4v) is 5.21. The van der Waals surface area contributed by atoms with Gasteiger partial charge in [-0.05, 0) is 54.3 Å². The van der Waals surface area contributed by atoms with Crippen molar-refractivity contribution in [2.24, 2.45) is 5.92 Å². The van der Waals surface area contributed by atoms with Crippen LogP contribution < -0.4 is 5.48 Å². The van der Waals surface area contributed by atoms with E-state index in [9.17, 15) is 19.6 Å². The molecule has 0 bridgehead atoms. The molecule has 2 N–H and O–H groups in total. The zero-order valence-electron chi connectivity index (χ0n) is 19.5. The number of halogens is 1. The molecule has 3 aromatic carbocycles. The van der Waals surface area contributed by atoms with Crippen LogP contribution in [0.5, 0.6) is 0 Å². The van der Waals surface area contributed by atoms with Crippen LogP contribution in [-0.4, -0.2) is 40.4 Å². The molecule has 0 aliphatic carbocycles. The summed E-state index contributed by atoms with van der Waals surface area (Å²) in [5, 5.41) is 10.7. The maximum absolute atomic E-state index is 12.4. The van der Waals surface area contributed by atoms with Gasteiger partial charge in [-0.25, -0.2) is 5.48 Å². The van der Waals surface area contributed by atoms with Gasteiger partial charge in [-0.3, -0.25) is 24.4 Å². The third kappa shape index (κ3) is 5.79. The molecule has 3 amide bonds. The SMILES string of the molecule is CC(SCC(CCON1C(=O)c2ccccc2C1=O)C(=O)NO)c1ccc(-c2ccc(Cl)cc2)cc1. The Labute approximate surface area is 218 Å². The van der Waals surface area contributed by atoms with Crippen LogP contribution in [0.15, 0.2) is 72.8 Å². The van der Waals surface area contributed by atoms with E-state index in [0.29, 0.717) is 21.9 Å². The molecule has 0 saturated carbocycles. The Bertz CT molecular complexity index is 1210. The summed E-state index contributed by atoms with van der Waals surface area (Å²) in [6, 6.07) is 22.3. The molecule has 3 aromatic rings. The van der Waals surface area contributed by atoms with Gasteiger partial charge in [0.1, 0.15) is 0 Å². The smallest absolute Gasteiger partial charge is 0.285 e. The van der Waals surface area contributed by atoms with Crippen molar-refractivity contribution >= 4 is 41.1 Å². The van der Waals surface area contributed by atoms with Crippen LogP contribution in [0, 0.1) is 5.92 Å². The van der Waals surface area contributed by atoms with Crippen molar-refractivity contribution in [2.45, 2.75) is 18.6 Å². The van der Waals surface area contributed by atoms with Gasteiger partial charge in [0.05, 0.1) is 23.7 Å². The van der Waals surface area contributed by atoms with Gasteiger partial charge in [-0.2, -0.15) is 11.8 Å². The Morgan fingerprint density at radius 1 is 0.972 bits per heavy atom. The molecule has 1 aliphatic heterocycles. The molecule has 186 valence electrons. The number of nitrogens with one attached hydrogen (secondary N) is 1. The van der Waals surface area contributed by atoms with Crippen molar-refractivity contribution in [2.75, 3.05) is 12.4 Å². The molecular formula is C27H25ClN2O5S. The average molecular weight is 525 g/mol. The van der Waals surface area contributed by atoms with E-state index in [1.807, 2.05) is 55.5 Å². The van der Waals surface area contributed by atoms with Crippen molar-refractivity contribution in [1.29, 1.82) is 0 Å². The van der Waals surface area contributed by atoms with Crippen molar-refractivity contribution in [3.63, 3.8) is 0 Å². The summed E-state index contributed by atoms with van der Waals surface area (Å²) in [5.41, 5.74) is 5.54. The summed E-state index contributed by atoms with van der Waals surface area (Å²) in [7, 11) is 0. The van der Waals surface area contributed by atoms with Crippen molar-refractivity contribution in [3.8, 4) is 11.1 Å². The number of carbonyl (C=O) groups is 3. The van der Waals surface area contributed by atoms with Crippen LogP contribution in [0.2, 0.25) is 5.02 Å². The van der Waals surface area contributed by atoms with Crippen LogP contribution in [0.25, 0.3) is 11.1 Å². The van der Waals surface area contributed by atoms with E-state index in [-0.39, 0.29) is 18.3 Å². The number of carbonyl (C=O) groups excluding carboxylic acids is 3. The van der Waals surface area contributed by atoms with E-state index in [0.717, 1.165) is 21.8 Å². The fourth-order valence-electron chi connectivity index (χ4n) is 3.90. The number of nitrogens with zero attached hydrogens (tertiary/aromatic N) is 1. The largest absolute Gasteiger partial charge is 0.289 e. The first-order valence-corrected chi connectivity index (χ1v) is 12.8. The number of benzene rings is 3. The van der Waals surface area contributed by atoms with E-state index in [4.69, 9.17) is 16.4 Å². The highest BCUT2D eigenvalue weighted by molar-refractivity contribution is 7.99. The highest BCUT2D eigenvalue weighted by Gasteiger charge is 2.36. The van der Waals surface area contributed by atoms with Crippen molar-refractivity contribution in [3.05, 3.63) is 94.5 Å². The zero-order valence-corrected chi connectivity index (χ0v) is 21.1. The summed E-state index contributed by atoms with van der Waals surface area (Å²) < 4.78 is 0. The molecule has 7 nitrogen and oxygen atoms in total. The molecule has 0 aromatic heterocycles. The lowest BCUT2D eigenvalue weighted by atomic mass is 10.0. The first-order valence-electron chi connectivity index (χ1n) is 11.4. The Balaban J connectivity index is 1.31. The monoisotopic (exact) mass is 524 g/mol. The summed E-state index contributed by atoms with van der Waals surface area (Å²) in [6.45, 7) is 2.01. The summed E-state index contributed by atoms with van der Waals surface area (Å²) in [5.74, 6) is -1.75. The summed E-state index contributed by atoms with van der Waals surface area (Å²) in [6.07, 6.45) is 0.217. The van der Waals surface area contributed by atoms with Gasteiger partial charge in [0.25, 0.3) is 11.8 Å². The molecule has 0 radical (unpaired) electrons. The predicted octanol–water partition coefficient (Wildman–Crippen LogP) is 5.54. The van der Waals surface area contributed by atoms with Gasteiger partial charge in [-0.15, -0.1) is 5.06 Å². The fraction of sp³-hybridized carbons (Fsp3) is 0.222. The Hall–Kier alpha value is -3.17. The predicted molar refractivity (Wildman–Crippen MR) is 139 cm³/mol.